The molecule has 8 heteroatoms. The van der Waals surface area contributed by atoms with E-state index in [9.17, 15) is 14.4 Å². The maximum Gasteiger partial charge on any atom is 0.330 e. The Balaban J connectivity index is -0.000000152. The minimum absolute atomic E-state index is 0.176. The van der Waals surface area contributed by atoms with Gasteiger partial charge in [0.1, 0.15) is 0 Å². The van der Waals surface area contributed by atoms with E-state index in [0.29, 0.717) is 13.2 Å². The quantitative estimate of drug-likeness (QED) is 0.245. The maximum absolute atomic E-state index is 9.60. The first-order chi connectivity index (χ1) is 13.1. The van der Waals surface area contributed by atoms with Gasteiger partial charge in [0, 0.05) is 30.9 Å². The molecule has 0 saturated heterocycles. The average Bonchev–Trinajstić information content (AvgIpc) is 2.65. The Kier molecular flexibility index (Phi) is 34.7. The van der Waals surface area contributed by atoms with Gasteiger partial charge < -0.3 is 25.5 Å². The summed E-state index contributed by atoms with van der Waals surface area (Å²) in [6, 6.07) is 0. The second-order valence-corrected chi connectivity index (χ2v) is 5.45. The fourth-order valence-corrected chi connectivity index (χ4v) is 1.28. The lowest BCUT2D eigenvalue weighted by Crippen LogP contribution is -1.92. The van der Waals surface area contributed by atoms with Crippen molar-refractivity contribution in [2.75, 3.05) is 13.2 Å². The number of aliphatic carboxylic acids is 3. The highest BCUT2D eigenvalue weighted by atomic mass is 16.4. The molecule has 0 aromatic heterocycles. The number of hydrogen-bond acceptors (Lipinski definition) is 5. The Morgan fingerprint density at radius 3 is 0.964 bits per heavy atom. The van der Waals surface area contributed by atoms with Crippen LogP contribution < -0.4 is 0 Å². The van der Waals surface area contributed by atoms with Crippen molar-refractivity contribution in [2.24, 2.45) is 0 Å². The molecule has 5 N–H and O–H groups in total. The van der Waals surface area contributed by atoms with E-state index < -0.39 is 17.9 Å². The van der Waals surface area contributed by atoms with Gasteiger partial charge in [0.25, 0.3) is 0 Å². The summed E-state index contributed by atoms with van der Waals surface area (Å²) in [5.41, 5.74) is 0.176. The number of rotatable bonds is 12. The minimum atomic E-state index is -0.981. The van der Waals surface area contributed by atoms with Crippen LogP contribution in [0.15, 0.2) is 37.5 Å². The number of unbranched alkanes of at least 4 members (excludes halogenated alkanes) is 7. The van der Waals surface area contributed by atoms with Crippen LogP contribution in [0.4, 0.5) is 0 Å². The molecule has 0 fully saturated rings. The zero-order valence-corrected chi connectivity index (χ0v) is 16.8. The molecule has 0 aliphatic heterocycles. The van der Waals surface area contributed by atoms with Crippen molar-refractivity contribution in [1.29, 1.82) is 0 Å². The van der Waals surface area contributed by atoms with Crippen LogP contribution in [0.2, 0.25) is 0 Å². The van der Waals surface area contributed by atoms with Crippen LogP contribution >= 0.6 is 0 Å². The Labute approximate surface area is 167 Å². The summed E-state index contributed by atoms with van der Waals surface area (Å²) in [6.45, 7) is 11.2. The first kappa shape index (κ1) is 33.2. The van der Waals surface area contributed by atoms with Crippen LogP contribution in [-0.4, -0.2) is 56.7 Å². The van der Waals surface area contributed by atoms with E-state index in [2.05, 4.69) is 19.7 Å². The molecular weight excluding hydrogens is 368 g/mol. The molecule has 0 atom stereocenters. The largest absolute Gasteiger partial charge is 0.478 e. The Morgan fingerprint density at radius 1 is 0.679 bits per heavy atom. The van der Waals surface area contributed by atoms with Crippen molar-refractivity contribution >= 4 is 17.9 Å². The lowest BCUT2D eigenvalue weighted by molar-refractivity contribution is -0.133. The highest BCUT2D eigenvalue weighted by molar-refractivity contribution is 5.84. The molecule has 0 aliphatic rings. The van der Waals surface area contributed by atoms with Gasteiger partial charge in [-0.2, -0.15) is 0 Å². The normalized spacial score (nSPS) is 8.39. The molecule has 8 nitrogen and oxygen atoms in total. The van der Waals surface area contributed by atoms with Gasteiger partial charge in [-0.3, -0.25) is 0 Å². The van der Waals surface area contributed by atoms with Crippen molar-refractivity contribution in [3.05, 3.63) is 37.5 Å². The van der Waals surface area contributed by atoms with Crippen LogP contribution in [0.25, 0.3) is 0 Å². The van der Waals surface area contributed by atoms with Crippen LogP contribution in [-0.2, 0) is 14.4 Å². The standard InChI is InChI=1S/C10H22O2.C4H6O2.2C3H4O2/c11-9-7-5-3-1-2-4-6-8-10-12;1-3(2)4(5)6;2*1-2-3(4)5/h11-12H,1-10H2;1H2,2H3,(H,5,6);2*2H,1H2,(H,4,5). The highest BCUT2D eigenvalue weighted by Gasteiger charge is 1.91. The smallest absolute Gasteiger partial charge is 0.330 e. The third-order valence-electron chi connectivity index (χ3n) is 2.78. The van der Waals surface area contributed by atoms with Crippen molar-refractivity contribution in [3.8, 4) is 0 Å². The van der Waals surface area contributed by atoms with Crippen molar-refractivity contribution < 1.29 is 39.9 Å². The molecule has 0 amide bonds. The zero-order valence-electron chi connectivity index (χ0n) is 16.8. The zero-order chi connectivity index (χ0) is 22.8. The van der Waals surface area contributed by atoms with Crippen LogP contribution in [0.3, 0.4) is 0 Å². The molecule has 0 unspecified atom stereocenters. The predicted octanol–water partition coefficient (Wildman–Crippen LogP) is 3.25. The molecule has 0 rings (SSSR count). The molecule has 0 saturated carbocycles. The first-order valence-corrected chi connectivity index (χ1v) is 8.91. The van der Waals surface area contributed by atoms with E-state index in [0.717, 1.165) is 37.8 Å². The van der Waals surface area contributed by atoms with E-state index in [-0.39, 0.29) is 5.57 Å². The van der Waals surface area contributed by atoms with Crippen LogP contribution in [0.5, 0.6) is 0 Å². The number of carboxylic acid groups (broad SMARTS) is 3. The van der Waals surface area contributed by atoms with Crippen molar-refractivity contribution in [2.45, 2.75) is 58.3 Å². The van der Waals surface area contributed by atoms with Gasteiger partial charge in [-0.15, -0.1) is 0 Å². The summed E-state index contributed by atoms with van der Waals surface area (Å²) < 4.78 is 0. The number of carboxylic acids is 3. The minimum Gasteiger partial charge on any atom is -0.478 e. The summed E-state index contributed by atoms with van der Waals surface area (Å²) in [4.78, 5) is 28.1. The topological polar surface area (TPSA) is 152 Å². The first-order valence-electron chi connectivity index (χ1n) is 8.91. The molecule has 0 spiro atoms. The number of hydrogen-bond donors (Lipinski definition) is 5. The van der Waals surface area contributed by atoms with Gasteiger partial charge in [-0.05, 0) is 19.8 Å². The highest BCUT2D eigenvalue weighted by Crippen LogP contribution is 2.07. The lowest BCUT2D eigenvalue weighted by atomic mass is 10.1. The lowest BCUT2D eigenvalue weighted by Gasteiger charge is -1.99. The van der Waals surface area contributed by atoms with Gasteiger partial charge in [0.15, 0.2) is 0 Å². The van der Waals surface area contributed by atoms with Gasteiger partial charge in [-0.1, -0.05) is 58.3 Å². The van der Waals surface area contributed by atoms with Gasteiger partial charge in [-0.25, -0.2) is 14.4 Å². The molecule has 164 valence electrons. The summed E-state index contributed by atoms with van der Waals surface area (Å²) >= 11 is 0. The van der Waals surface area contributed by atoms with E-state index in [1.165, 1.54) is 32.6 Å². The van der Waals surface area contributed by atoms with Crippen LogP contribution in [0.1, 0.15) is 58.3 Å². The van der Waals surface area contributed by atoms with Crippen molar-refractivity contribution in [3.63, 3.8) is 0 Å². The average molecular weight is 405 g/mol. The maximum atomic E-state index is 9.60. The summed E-state index contributed by atoms with van der Waals surface area (Å²) in [5.74, 6) is -2.90. The monoisotopic (exact) mass is 404 g/mol. The fourth-order valence-electron chi connectivity index (χ4n) is 1.28. The van der Waals surface area contributed by atoms with Gasteiger partial charge >= 0.3 is 17.9 Å². The summed E-state index contributed by atoms with van der Waals surface area (Å²) in [7, 11) is 0. The number of aliphatic hydroxyl groups is 2. The van der Waals surface area contributed by atoms with E-state index in [1.54, 1.807) is 0 Å². The molecule has 0 bridgehead atoms. The van der Waals surface area contributed by atoms with Gasteiger partial charge in [0.2, 0.25) is 0 Å². The molecule has 28 heavy (non-hydrogen) atoms. The summed E-state index contributed by atoms with van der Waals surface area (Å²) in [6.07, 6.45) is 11.0. The Morgan fingerprint density at radius 2 is 0.857 bits per heavy atom. The van der Waals surface area contributed by atoms with Crippen molar-refractivity contribution in [1.82, 2.24) is 0 Å². The molecule has 0 radical (unpaired) electrons. The third-order valence-corrected chi connectivity index (χ3v) is 2.78. The number of carbonyl (C=O) groups is 3. The third kappa shape index (κ3) is 56.6. The van der Waals surface area contributed by atoms with E-state index in [4.69, 9.17) is 25.5 Å². The fraction of sp³-hybridized carbons (Fsp3) is 0.550. The molecule has 0 aromatic carbocycles. The molecule has 0 heterocycles. The van der Waals surface area contributed by atoms with E-state index in [1.807, 2.05) is 0 Å². The number of aliphatic hydroxyl groups excluding tert-OH is 2. The second kappa shape index (κ2) is 29.3. The SMILES string of the molecule is C=C(C)C(=O)O.C=CC(=O)O.C=CC(=O)O.OCCCCCCCCCCO. The Bertz CT molecular complexity index is 390. The molecule has 0 aliphatic carbocycles. The van der Waals surface area contributed by atoms with Gasteiger partial charge in [0.05, 0.1) is 0 Å². The van der Waals surface area contributed by atoms with Crippen LogP contribution in [0, 0.1) is 0 Å². The summed E-state index contributed by atoms with van der Waals surface area (Å²) in [5, 5.41) is 40.1. The second-order valence-electron chi connectivity index (χ2n) is 5.45. The molecular formula is C20H36O8. The predicted molar refractivity (Wildman–Crippen MR) is 109 cm³/mol. The Hall–Kier alpha value is -2.45. The molecule has 0 aromatic rings. The van der Waals surface area contributed by atoms with E-state index >= 15 is 0 Å².